The molecule has 0 unspecified atom stereocenters. The fourth-order valence-corrected chi connectivity index (χ4v) is 1.06. The molecule has 0 aliphatic heterocycles. The molecule has 0 aliphatic carbocycles. The van der Waals surface area contributed by atoms with Gasteiger partial charge in [-0.2, -0.15) is 0 Å². The summed E-state index contributed by atoms with van der Waals surface area (Å²) >= 11 is 5.84. The summed E-state index contributed by atoms with van der Waals surface area (Å²) < 4.78 is 0. The van der Waals surface area contributed by atoms with Crippen molar-refractivity contribution >= 4 is 17.3 Å². The minimum Gasteiger partial charge on any atom is -0.398 e. The van der Waals surface area contributed by atoms with E-state index in [-0.39, 0.29) is 5.41 Å². The van der Waals surface area contributed by atoms with Crippen molar-refractivity contribution in [3.8, 4) is 11.8 Å². The van der Waals surface area contributed by atoms with Gasteiger partial charge < -0.3 is 5.73 Å². The van der Waals surface area contributed by atoms with Crippen molar-refractivity contribution in [1.82, 2.24) is 0 Å². The Morgan fingerprint density at radius 2 is 1.93 bits per heavy atom. The maximum Gasteiger partial charge on any atom is 0.0489 e. The standard InChI is InChI=1S/C12H14ClN/c1-12(2,3)7-6-9-8-10(13)4-5-11(9)14/h4-5,8H,14H2,1-3H3. The number of rotatable bonds is 0. The van der Waals surface area contributed by atoms with Gasteiger partial charge in [0.1, 0.15) is 0 Å². The molecule has 0 fully saturated rings. The van der Waals surface area contributed by atoms with E-state index in [9.17, 15) is 0 Å². The molecule has 1 rings (SSSR count). The molecule has 0 aliphatic rings. The lowest BCUT2D eigenvalue weighted by Crippen LogP contribution is -2.00. The van der Waals surface area contributed by atoms with Crippen LogP contribution in [0.4, 0.5) is 5.69 Å². The van der Waals surface area contributed by atoms with Gasteiger partial charge in [-0.15, -0.1) is 0 Å². The van der Waals surface area contributed by atoms with Gasteiger partial charge >= 0.3 is 0 Å². The highest BCUT2D eigenvalue weighted by Gasteiger charge is 2.04. The van der Waals surface area contributed by atoms with E-state index in [1.165, 1.54) is 0 Å². The average molecular weight is 208 g/mol. The van der Waals surface area contributed by atoms with E-state index in [0.29, 0.717) is 10.7 Å². The normalized spacial score (nSPS) is 10.6. The van der Waals surface area contributed by atoms with Crippen LogP contribution in [0.2, 0.25) is 5.02 Å². The first-order chi connectivity index (χ1) is 6.38. The molecule has 2 N–H and O–H groups in total. The van der Waals surface area contributed by atoms with Gasteiger partial charge in [-0.05, 0) is 39.0 Å². The van der Waals surface area contributed by atoms with E-state index in [1.807, 2.05) is 0 Å². The van der Waals surface area contributed by atoms with Crippen LogP contribution in [0.15, 0.2) is 18.2 Å². The number of hydrogen-bond donors (Lipinski definition) is 1. The molecule has 1 aromatic rings. The Morgan fingerprint density at radius 3 is 2.50 bits per heavy atom. The second-order valence-corrected chi connectivity index (χ2v) is 4.67. The van der Waals surface area contributed by atoms with Crippen LogP contribution in [0.3, 0.4) is 0 Å². The molecule has 0 radical (unpaired) electrons. The molecule has 1 aromatic carbocycles. The quantitative estimate of drug-likeness (QED) is 0.513. The highest BCUT2D eigenvalue weighted by atomic mass is 35.5. The fourth-order valence-electron chi connectivity index (χ4n) is 0.892. The van der Waals surface area contributed by atoms with Crippen molar-refractivity contribution in [3.63, 3.8) is 0 Å². The fraction of sp³-hybridized carbons (Fsp3) is 0.333. The van der Waals surface area contributed by atoms with E-state index in [0.717, 1.165) is 5.56 Å². The third kappa shape index (κ3) is 3.32. The Morgan fingerprint density at radius 1 is 1.29 bits per heavy atom. The molecule has 0 bridgehead atoms. The maximum atomic E-state index is 5.84. The lowest BCUT2D eigenvalue weighted by Gasteiger charge is -2.07. The van der Waals surface area contributed by atoms with Gasteiger partial charge in [0.2, 0.25) is 0 Å². The number of benzene rings is 1. The lowest BCUT2D eigenvalue weighted by atomic mass is 9.97. The average Bonchev–Trinajstić information content (AvgIpc) is 2.05. The molecule has 2 heteroatoms. The highest BCUT2D eigenvalue weighted by Crippen LogP contribution is 2.18. The molecule has 0 atom stereocenters. The molecule has 0 saturated carbocycles. The monoisotopic (exact) mass is 207 g/mol. The summed E-state index contributed by atoms with van der Waals surface area (Å²) in [6, 6.07) is 5.32. The third-order valence-electron chi connectivity index (χ3n) is 1.59. The van der Waals surface area contributed by atoms with E-state index in [2.05, 4.69) is 32.6 Å². The Balaban J connectivity index is 3.06. The summed E-state index contributed by atoms with van der Waals surface area (Å²) in [7, 11) is 0. The van der Waals surface area contributed by atoms with Gasteiger partial charge in [0, 0.05) is 21.7 Å². The van der Waals surface area contributed by atoms with Crippen LogP contribution in [0.25, 0.3) is 0 Å². The molecular formula is C12H14ClN. The second-order valence-electron chi connectivity index (χ2n) is 4.23. The minimum atomic E-state index is -0.0191. The number of nitrogens with two attached hydrogens (primary N) is 1. The molecule has 0 heterocycles. The first-order valence-electron chi connectivity index (χ1n) is 4.47. The summed E-state index contributed by atoms with van der Waals surface area (Å²) in [5, 5.41) is 0.664. The molecule has 74 valence electrons. The number of halogens is 1. The van der Waals surface area contributed by atoms with Gasteiger partial charge in [-0.1, -0.05) is 23.4 Å². The number of anilines is 1. The Bertz CT molecular complexity index is 391. The summed E-state index contributed by atoms with van der Waals surface area (Å²) in [5.41, 5.74) is 7.21. The van der Waals surface area contributed by atoms with Gasteiger partial charge in [0.15, 0.2) is 0 Å². The Kier molecular flexibility index (Phi) is 3.08. The zero-order valence-electron chi connectivity index (χ0n) is 8.69. The summed E-state index contributed by atoms with van der Waals surface area (Å²) in [6.45, 7) is 6.17. The highest BCUT2D eigenvalue weighted by molar-refractivity contribution is 6.30. The molecular weight excluding hydrogens is 194 g/mol. The van der Waals surface area contributed by atoms with Gasteiger partial charge in [-0.25, -0.2) is 0 Å². The van der Waals surface area contributed by atoms with Crippen LogP contribution >= 0.6 is 11.6 Å². The van der Waals surface area contributed by atoms with Crippen molar-refractivity contribution in [3.05, 3.63) is 28.8 Å². The minimum absolute atomic E-state index is 0.0191. The predicted octanol–water partition coefficient (Wildman–Crippen LogP) is 3.32. The first kappa shape index (κ1) is 10.9. The number of nitrogen functional groups attached to an aromatic ring is 1. The Labute approximate surface area is 90.3 Å². The van der Waals surface area contributed by atoms with Crippen LogP contribution in [0, 0.1) is 17.3 Å². The summed E-state index contributed by atoms with van der Waals surface area (Å²) in [4.78, 5) is 0. The smallest absolute Gasteiger partial charge is 0.0489 e. The van der Waals surface area contributed by atoms with Gasteiger partial charge in [-0.3, -0.25) is 0 Å². The van der Waals surface area contributed by atoms with Crippen LogP contribution in [0.5, 0.6) is 0 Å². The maximum absolute atomic E-state index is 5.84. The predicted molar refractivity (Wildman–Crippen MR) is 62.2 cm³/mol. The van der Waals surface area contributed by atoms with Crippen molar-refractivity contribution < 1.29 is 0 Å². The lowest BCUT2D eigenvalue weighted by molar-refractivity contribution is 0.571. The van der Waals surface area contributed by atoms with E-state index in [4.69, 9.17) is 17.3 Å². The third-order valence-corrected chi connectivity index (χ3v) is 1.82. The first-order valence-corrected chi connectivity index (χ1v) is 4.84. The number of hydrogen-bond acceptors (Lipinski definition) is 1. The molecule has 1 nitrogen and oxygen atoms in total. The van der Waals surface area contributed by atoms with Crippen LogP contribution in [0.1, 0.15) is 26.3 Å². The molecule has 14 heavy (non-hydrogen) atoms. The summed E-state index contributed by atoms with van der Waals surface area (Å²) in [5.74, 6) is 6.15. The zero-order valence-corrected chi connectivity index (χ0v) is 9.44. The Hall–Kier alpha value is -1.13. The van der Waals surface area contributed by atoms with Crippen molar-refractivity contribution in [2.45, 2.75) is 20.8 Å². The van der Waals surface area contributed by atoms with Crippen molar-refractivity contribution in [2.75, 3.05) is 5.73 Å². The molecule has 0 amide bonds. The van der Waals surface area contributed by atoms with E-state index >= 15 is 0 Å². The van der Waals surface area contributed by atoms with Crippen molar-refractivity contribution in [2.24, 2.45) is 5.41 Å². The second kappa shape index (κ2) is 3.94. The van der Waals surface area contributed by atoms with Crippen LogP contribution < -0.4 is 5.73 Å². The molecule has 0 saturated heterocycles. The SMILES string of the molecule is CC(C)(C)C#Cc1cc(Cl)ccc1N. The van der Waals surface area contributed by atoms with Gasteiger partial charge in [0.25, 0.3) is 0 Å². The zero-order chi connectivity index (χ0) is 10.8. The topological polar surface area (TPSA) is 26.0 Å². The van der Waals surface area contributed by atoms with Gasteiger partial charge in [0.05, 0.1) is 0 Å². The summed E-state index contributed by atoms with van der Waals surface area (Å²) in [6.07, 6.45) is 0. The largest absolute Gasteiger partial charge is 0.398 e. The molecule has 0 aromatic heterocycles. The van der Waals surface area contributed by atoms with Crippen LogP contribution in [-0.2, 0) is 0 Å². The van der Waals surface area contributed by atoms with E-state index < -0.39 is 0 Å². The van der Waals surface area contributed by atoms with E-state index in [1.54, 1.807) is 18.2 Å². The molecule has 0 spiro atoms. The van der Waals surface area contributed by atoms with Crippen molar-refractivity contribution in [1.29, 1.82) is 0 Å². The van der Waals surface area contributed by atoms with Crippen LogP contribution in [-0.4, -0.2) is 0 Å².